The maximum absolute atomic E-state index is 14.6. The van der Waals surface area contributed by atoms with Gasteiger partial charge in [-0.05, 0) is 36.4 Å². The zero-order valence-corrected chi connectivity index (χ0v) is 16.8. The molecule has 0 aliphatic carbocycles. The highest BCUT2D eigenvalue weighted by Crippen LogP contribution is 2.39. The van der Waals surface area contributed by atoms with Gasteiger partial charge in [0.05, 0.1) is 17.8 Å². The fraction of sp³-hybridized carbons (Fsp3) is 0.0556. The predicted molar refractivity (Wildman–Crippen MR) is 106 cm³/mol. The number of halogens is 4. The van der Waals surface area contributed by atoms with Crippen LogP contribution in [0.2, 0.25) is 10.2 Å². The molecule has 9 heteroatoms. The molecule has 27 heavy (non-hydrogen) atoms. The quantitative estimate of drug-likeness (QED) is 0.362. The Labute approximate surface area is 171 Å². The van der Waals surface area contributed by atoms with Crippen molar-refractivity contribution in [3.05, 3.63) is 63.1 Å². The van der Waals surface area contributed by atoms with Gasteiger partial charge in [-0.1, -0.05) is 44.3 Å². The molecular weight excluding hydrogens is 458 g/mol. The van der Waals surface area contributed by atoms with E-state index in [9.17, 15) is 4.39 Å². The summed E-state index contributed by atoms with van der Waals surface area (Å²) in [6.45, 7) is 0. The van der Waals surface area contributed by atoms with Gasteiger partial charge in [-0.3, -0.25) is 0 Å². The molecule has 0 aliphatic heterocycles. The number of benzene rings is 2. The van der Waals surface area contributed by atoms with Crippen molar-refractivity contribution in [1.82, 2.24) is 20.0 Å². The average molecular weight is 468 g/mol. The van der Waals surface area contributed by atoms with E-state index in [-0.39, 0.29) is 10.7 Å². The van der Waals surface area contributed by atoms with Crippen LogP contribution < -0.4 is 4.74 Å². The maximum atomic E-state index is 14.6. The number of fused-ring (bicyclic) bond motifs is 1. The molecule has 5 nitrogen and oxygen atoms in total. The first kappa shape index (κ1) is 18.2. The standard InChI is InChI=1S/C18H10BrCl2FN4O/c1-27-10-2-3-11(12(20)8-10)16-15(4-5-23-18(16)21)26-17-13(22)6-9(19)7-14(17)24-25-26/h2-8H,1H3. The van der Waals surface area contributed by atoms with E-state index in [0.717, 1.165) is 0 Å². The van der Waals surface area contributed by atoms with Gasteiger partial charge in [0.25, 0.3) is 0 Å². The second-order valence-corrected chi connectivity index (χ2v) is 7.28. The summed E-state index contributed by atoms with van der Waals surface area (Å²) in [7, 11) is 1.55. The van der Waals surface area contributed by atoms with Gasteiger partial charge >= 0.3 is 0 Å². The largest absolute Gasteiger partial charge is 0.497 e. The van der Waals surface area contributed by atoms with Crippen molar-refractivity contribution in [2.45, 2.75) is 0 Å². The first-order chi connectivity index (χ1) is 13.0. The lowest BCUT2D eigenvalue weighted by molar-refractivity contribution is 0.415. The summed E-state index contributed by atoms with van der Waals surface area (Å²) < 4.78 is 21.8. The number of ether oxygens (including phenoxy) is 1. The Morgan fingerprint density at radius 2 is 1.96 bits per heavy atom. The summed E-state index contributed by atoms with van der Waals surface area (Å²) in [5.74, 6) is 0.136. The highest BCUT2D eigenvalue weighted by molar-refractivity contribution is 9.10. The Kier molecular flexibility index (Phi) is 4.75. The van der Waals surface area contributed by atoms with Crippen LogP contribution in [0.5, 0.6) is 5.75 Å². The van der Waals surface area contributed by atoms with Crippen LogP contribution in [-0.4, -0.2) is 27.1 Å². The van der Waals surface area contributed by atoms with Crippen LogP contribution in [0.25, 0.3) is 27.8 Å². The third kappa shape index (κ3) is 3.16. The van der Waals surface area contributed by atoms with Crippen molar-refractivity contribution in [3.63, 3.8) is 0 Å². The Bertz CT molecular complexity index is 1180. The molecule has 0 aliphatic rings. The number of pyridine rings is 1. The molecule has 0 amide bonds. The van der Waals surface area contributed by atoms with Crippen LogP contribution in [-0.2, 0) is 0 Å². The number of aromatic nitrogens is 4. The lowest BCUT2D eigenvalue weighted by Crippen LogP contribution is -2.02. The molecule has 2 aromatic carbocycles. The predicted octanol–water partition coefficient (Wildman–Crippen LogP) is 5.70. The van der Waals surface area contributed by atoms with Gasteiger partial charge in [0.1, 0.15) is 21.9 Å². The van der Waals surface area contributed by atoms with E-state index < -0.39 is 5.82 Å². The topological polar surface area (TPSA) is 52.8 Å². The minimum Gasteiger partial charge on any atom is -0.497 e. The van der Waals surface area contributed by atoms with Crippen LogP contribution in [0.15, 0.2) is 47.1 Å². The molecule has 0 saturated carbocycles. The minimum atomic E-state index is -0.468. The van der Waals surface area contributed by atoms with Crippen molar-refractivity contribution < 1.29 is 9.13 Å². The van der Waals surface area contributed by atoms with Crippen LogP contribution >= 0.6 is 39.1 Å². The fourth-order valence-corrected chi connectivity index (χ4v) is 3.76. The van der Waals surface area contributed by atoms with Crippen LogP contribution in [0, 0.1) is 5.82 Å². The zero-order chi connectivity index (χ0) is 19.1. The summed E-state index contributed by atoms with van der Waals surface area (Å²) in [6.07, 6.45) is 1.52. The first-order valence-electron chi connectivity index (χ1n) is 7.69. The van der Waals surface area contributed by atoms with Crippen molar-refractivity contribution in [3.8, 4) is 22.6 Å². The number of nitrogens with zero attached hydrogens (tertiary/aromatic N) is 4. The van der Waals surface area contributed by atoms with Crippen LogP contribution in [0.3, 0.4) is 0 Å². The van der Waals surface area contributed by atoms with Gasteiger partial charge in [0, 0.05) is 21.8 Å². The molecule has 0 saturated heterocycles. The van der Waals surface area contributed by atoms with E-state index in [0.29, 0.717) is 37.6 Å². The van der Waals surface area contributed by atoms with Crippen molar-refractivity contribution in [2.24, 2.45) is 0 Å². The molecule has 0 radical (unpaired) electrons. The van der Waals surface area contributed by atoms with Crippen LogP contribution in [0.1, 0.15) is 0 Å². The van der Waals surface area contributed by atoms with Crippen molar-refractivity contribution in [1.29, 1.82) is 0 Å². The van der Waals surface area contributed by atoms with E-state index in [4.69, 9.17) is 27.9 Å². The Morgan fingerprint density at radius 3 is 2.70 bits per heavy atom. The smallest absolute Gasteiger partial charge is 0.152 e. The number of methoxy groups -OCH3 is 1. The van der Waals surface area contributed by atoms with Gasteiger partial charge in [-0.25, -0.2) is 14.1 Å². The average Bonchev–Trinajstić information content (AvgIpc) is 3.06. The molecule has 0 spiro atoms. The molecule has 4 aromatic rings. The van der Waals surface area contributed by atoms with Gasteiger partial charge in [0.2, 0.25) is 0 Å². The lowest BCUT2D eigenvalue weighted by atomic mass is 10.1. The highest BCUT2D eigenvalue weighted by atomic mass is 79.9. The summed E-state index contributed by atoms with van der Waals surface area (Å²) >= 11 is 16.1. The summed E-state index contributed by atoms with van der Waals surface area (Å²) in [5, 5.41) is 8.79. The summed E-state index contributed by atoms with van der Waals surface area (Å²) in [5.41, 5.74) is 2.27. The van der Waals surface area contributed by atoms with E-state index in [1.807, 2.05) is 0 Å². The monoisotopic (exact) mass is 466 g/mol. The summed E-state index contributed by atoms with van der Waals surface area (Å²) in [6, 6.07) is 9.90. The fourth-order valence-electron chi connectivity index (χ4n) is 2.82. The highest BCUT2D eigenvalue weighted by Gasteiger charge is 2.20. The molecule has 0 fully saturated rings. The maximum Gasteiger partial charge on any atom is 0.152 e. The van der Waals surface area contributed by atoms with Crippen LogP contribution in [0.4, 0.5) is 4.39 Å². The van der Waals surface area contributed by atoms with Gasteiger partial charge < -0.3 is 4.74 Å². The van der Waals surface area contributed by atoms with E-state index in [1.54, 1.807) is 37.4 Å². The molecule has 0 unspecified atom stereocenters. The lowest BCUT2D eigenvalue weighted by Gasteiger charge is -2.13. The number of hydrogen-bond acceptors (Lipinski definition) is 4. The SMILES string of the molecule is COc1ccc(-c2c(-n3nnc4cc(Br)cc(F)c43)ccnc2Cl)c(Cl)c1. The molecular formula is C18H10BrCl2FN4O. The van der Waals surface area contributed by atoms with Crippen molar-refractivity contribution in [2.75, 3.05) is 7.11 Å². The van der Waals surface area contributed by atoms with E-state index in [2.05, 4.69) is 31.2 Å². The summed E-state index contributed by atoms with van der Waals surface area (Å²) in [4.78, 5) is 4.14. The molecule has 136 valence electrons. The Balaban J connectivity index is 2.01. The molecule has 2 aromatic heterocycles. The third-order valence-electron chi connectivity index (χ3n) is 4.02. The van der Waals surface area contributed by atoms with E-state index in [1.165, 1.54) is 16.9 Å². The normalized spacial score (nSPS) is 11.1. The number of rotatable bonds is 3. The minimum absolute atomic E-state index is 0.209. The molecule has 0 bridgehead atoms. The van der Waals surface area contributed by atoms with Gasteiger partial charge in [-0.15, -0.1) is 5.10 Å². The molecule has 2 heterocycles. The second kappa shape index (κ2) is 7.07. The third-order valence-corrected chi connectivity index (χ3v) is 5.08. The number of hydrogen-bond donors (Lipinski definition) is 0. The molecule has 4 rings (SSSR count). The first-order valence-corrected chi connectivity index (χ1v) is 9.23. The van der Waals surface area contributed by atoms with E-state index >= 15 is 0 Å². The van der Waals surface area contributed by atoms with Crippen molar-refractivity contribution >= 4 is 50.2 Å². The molecule has 0 N–H and O–H groups in total. The second-order valence-electron chi connectivity index (χ2n) is 5.60. The Morgan fingerprint density at radius 1 is 1.15 bits per heavy atom. The van der Waals surface area contributed by atoms with Gasteiger partial charge in [0.15, 0.2) is 5.82 Å². The Hall–Kier alpha value is -2.22. The zero-order valence-electron chi connectivity index (χ0n) is 13.8. The van der Waals surface area contributed by atoms with Gasteiger partial charge in [-0.2, -0.15) is 0 Å². The molecule has 0 atom stereocenters.